The van der Waals surface area contributed by atoms with Gasteiger partial charge >= 0.3 is 0 Å². The van der Waals surface area contributed by atoms with Crippen molar-refractivity contribution in [1.82, 2.24) is 15.3 Å². The van der Waals surface area contributed by atoms with Gasteiger partial charge in [-0.2, -0.15) is 4.98 Å². The highest BCUT2D eigenvalue weighted by molar-refractivity contribution is 5.39. The number of hydrogen-bond acceptors (Lipinski definition) is 5. The lowest BCUT2D eigenvalue weighted by Crippen LogP contribution is -2.46. The van der Waals surface area contributed by atoms with Crippen LogP contribution in [-0.4, -0.2) is 42.3 Å². The minimum Gasteiger partial charge on any atom is -0.477 e. The molecule has 19 heavy (non-hydrogen) atoms. The maximum absolute atomic E-state index is 5.56. The second kappa shape index (κ2) is 7.28. The predicted octanol–water partition coefficient (Wildman–Crippen LogP) is 1.84. The maximum Gasteiger partial charge on any atom is 0.234 e. The Labute approximate surface area is 115 Å². The number of likely N-dealkylation sites (N-methyl/N-ethyl adjacent to an activating group) is 1. The minimum atomic E-state index is 0.509. The van der Waals surface area contributed by atoms with Gasteiger partial charge in [0.25, 0.3) is 0 Å². The monoisotopic (exact) mass is 264 g/mol. The Balaban J connectivity index is 2.08. The first kappa shape index (κ1) is 14.1. The molecule has 2 heterocycles. The third-order valence-corrected chi connectivity index (χ3v) is 3.40. The van der Waals surface area contributed by atoms with Crippen LogP contribution in [0.1, 0.15) is 33.1 Å². The van der Waals surface area contributed by atoms with E-state index in [0.29, 0.717) is 18.5 Å². The predicted molar refractivity (Wildman–Crippen MR) is 76.7 cm³/mol. The number of hydrogen-bond donors (Lipinski definition) is 1. The van der Waals surface area contributed by atoms with Crippen molar-refractivity contribution in [2.24, 2.45) is 0 Å². The van der Waals surface area contributed by atoms with Crippen molar-refractivity contribution in [3.63, 3.8) is 0 Å². The van der Waals surface area contributed by atoms with Crippen molar-refractivity contribution in [2.75, 3.05) is 31.1 Å². The Morgan fingerprint density at radius 3 is 3.00 bits per heavy atom. The van der Waals surface area contributed by atoms with Crippen LogP contribution in [0, 0.1) is 0 Å². The Hall–Kier alpha value is -1.36. The quantitative estimate of drug-likeness (QED) is 0.849. The first-order valence-corrected chi connectivity index (χ1v) is 7.27. The molecule has 1 aliphatic rings. The van der Waals surface area contributed by atoms with Gasteiger partial charge in [0.15, 0.2) is 5.82 Å². The molecule has 1 fully saturated rings. The van der Waals surface area contributed by atoms with Crippen molar-refractivity contribution < 1.29 is 4.74 Å². The number of rotatable bonds is 6. The van der Waals surface area contributed by atoms with Crippen LogP contribution < -0.4 is 15.0 Å². The van der Waals surface area contributed by atoms with E-state index in [1.54, 1.807) is 6.20 Å². The molecule has 0 amide bonds. The minimum absolute atomic E-state index is 0.509. The fourth-order valence-corrected chi connectivity index (χ4v) is 2.46. The van der Waals surface area contributed by atoms with Gasteiger partial charge in [-0.1, -0.05) is 6.92 Å². The van der Waals surface area contributed by atoms with Crippen molar-refractivity contribution in [1.29, 1.82) is 0 Å². The Morgan fingerprint density at radius 2 is 2.32 bits per heavy atom. The third kappa shape index (κ3) is 3.80. The Bertz CT molecular complexity index is 379. The summed E-state index contributed by atoms with van der Waals surface area (Å²) in [5.41, 5.74) is 0. The summed E-state index contributed by atoms with van der Waals surface area (Å²) < 4.78 is 5.56. The molecule has 1 unspecified atom stereocenters. The van der Waals surface area contributed by atoms with E-state index < -0.39 is 0 Å². The summed E-state index contributed by atoms with van der Waals surface area (Å²) in [7, 11) is 0. The van der Waals surface area contributed by atoms with E-state index in [4.69, 9.17) is 4.74 Å². The van der Waals surface area contributed by atoms with Crippen LogP contribution in [0.15, 0.2) is 12.4 Å². The Kier molecular flexibility index (Phi) is 5.39. The van der Waals surface area contributed by atoms with E-state index in [2.05, 4.69) is 34.0 Å². The molecule has 1 aromatic rings. The molecular formula is C14H24N4O. The fourth-order valence-electron chi connectivity index (χ4n) is 2.46. The molecule has 1 saturated heterocycles. The van der Waals surface area contributed by atoms with Gasteiger partial charge < -0.3 is 15.0 Å². The SMILES string of the molecule is CCCOc1cncc(N(CC)C2CCCNC2)n1. The van der Waals surface area contributed by atoms with Crippen LogP contribution in [0.5, 0.6) is 5.88 Å². The lowest BCUT2D eigenvalue weighted by atomic mass is 10.1. The number of nitrogens with zero attached hydrogens (tertiary/aromatic N) is 3. The van der Waals surface area contributed by atoms with Gasteiger partial charge in [0.2, 0.25) is 5.88 Å². The van der Waals surface area contributed by atoms with Crippen LogP contribution in [-0.2, 0) is 0 Å². The van der Waals surface area contributed by atoms with Crippen molar-refractivity contribution in [3.8, 4) is 5.88 Å². The summed E-state index contributed by atoms with van der Waals surface area (Å²) in [5.74, 6) is 1.55. The molecule has 0 aliphatic carbocycles. The van der Waals surface area contributed by atoms with Crippen molar-refractivity contribution in [2.45, 2.75) is 39.2 Å². The van der Waals surface area contributed by atoms with Gasteiger partial charge in [-0.05, 0) is 32.7 Å². The molecule has 106 valence electrons. The molecule has 5 nitrogen and oxygen atoms in total. The standard InChI is InChI=1S/C14H24N4O/c1-3-8-19-14-11-16-10-13(17-14)18(4-2)12-6-5-7-15-9-12/h10-12,15H,3-9H2,1-2H3. The fraction of sp³-hybridized carbons (Fsp3) is 0.714. The highest BCUT2D eigenvalue weighted by Gasteiger charge is 2.21. The first-order chi connectivity index (χ1) is 9.35. The van der Waals surface area contributed by atoms with Crippen LogP contribution in [0.4, 0.5) is 5.82 Å². The van der Waals surface area contributed by atoms with Crippen LogP contribution in [0.2, 0.25) is 0 Å². The molecule has 1 aliphatic heterocycles. The van der Waals surface area contributed by atoms with E-state index in [-0.39, 0.29) is 0 Å². The number of piperidine rings is 1. The largest absolute Gasteiger partial charge is 0.477 e. The van der Waals surface area contributed by atoms with E-state index in [0.717, 1.165) is 31.9 Å². The molecule has 0 saturated carbocycles. The maximum atomic E-state index is 5.56. The van der Waals surface area contributed by atoms with Crippen LogP contribution >= 0.6 is 0 Å². The average Bonchev–Trinajstić information content (AvgIpc) is 2.47. The summed E-state index contributed by atoms with van der Waals surface area (Å²) in [6.45, 7) is 8.03. The molecular weight excluding hydrogens is 240 g/mol. The second-order valence-electron chi connectivity index (χ2n) is 4.85. The van der Waals surface area contributed by atoms with Gasteiger partial charge in [0, 0.05) is 19.1 Å². The number of aromatic nitrogens is 2. The lowest BCUT2D eigenvalue weighted by Gasteiger charge is -2.34. The lowest BCUT2D eigenvalue weighted by molar-refractivity contribution is 0.303. The molecule has 0 aromatic carbocycles. The highest BCUT2D eigenvalue weighted by atomic mass is 16.5. The molecule has 2 rings (SSSR count). The number of anilines is 1. The zero-order valence-corrected chi connectivity index (χ0v) is 11.9. The van der Waals surface area contributed by atoms with E-state index in [9.17, 15) is 0 Å². The van der Waals surface area contributed by atoms with Gasteiger partial charge in [-0.3, -0.25) is 4.98 Å². The molecule has 1 aromatic heterocycles. The van der Waals surface area contributed by atoms with Gasteiger partial charge in [-0.15, -0.1) is 0 Å². The van der Waals surface area contributed by atoms with Gasteiger partial charge in [0.05, 0.1) is 19.0 Å². The normalized spacial score (nSPS) is 19.2. The zero-order valence-electron chi connectivity index (χ0n) is 11.9. The van der Waals surface area contributed by atoms with E-state index in [1.807, 2.05) is 6.20 Å². The number of nitrogens with one attached hydrogen (secondary N) is 1. The third-order valence-electron chi connectivity index (χ3n) is 3.40. The van der Waals surface area contributed by atoms with Crippen LogP contribution in [0.3, 0.4) is 0 Å². The van der Waals surface area contributed by atoms with E-state index in [1.165, 1.54) is 12.8 Å². The van der Waals surface area contributed by atoms with Crippen LogP contribution in [0.25, 0.3) is 0 Å². The summed E-state index contributed by atoms with van der Waals surface area (Å²) in [5, 5.41) is 3.45. The smallest absolute Gasteiger partial charge is 0.234 e. The zero-order chi connectivity index (χ0) is 13.5. The molecule has 0 radical (unpaired) electrons. The summed E-state index contributed by atoms with van der Waals surface area (Å²) in [4.78, 5) is 11.1. The van der Waals surface area contributed by atoms with Gasteiger partial charge in [0.1, 0.15) is 0 Å². The molecule has 1 atom stereocenters. The van der Waals surface area contributed by atoms with Crippen molar-refractivity contribution in [3.05, 3.63) is 12.4 Å². The summed E-state index contributed by atoms with van der Waals surface area (Å²) >= 11 is 0. The first-order valence-electron chi connectivity index (χ1n) is 7.27. The van der Waals surface area contributed by atoms with Crippen molar-refractivity contribution >= 4 is 5.82 Å². The average molecular weight is 264 g/mol. The topological polar surface area (TPSA) is 50.3 Å². The molecule has 1 N–H and O–H groups in total. The summed E-state index contributed by atoms with van der Waals surface area (Å²) in [6, 6.07) is 0.509. The molecule has 0 bridgehead atoms. The molecule has 5 heteroatoms. The highest BCUT2D eigenvalue weighted by Crippen LogP contribution is 2.19. The number of ether oxygens (including phenoxy) is 1. The van der Waals surface area contributed by atoms with Gasteiger partial charge in [-0.25, -0.2) is 0 Å². The molecule has 0 spiro atoms. The second-order valence-corrected chi connectivity index (χ2v) is 4.85. The summed E-state index contributed by atoms with van der Waals surface area (Å²) in [6.07, 6.45) is 6.93. The van der Waals surface area contributed by atoms with E-state index >= 15 is 0 Å². The Morgan fingerprint density at radius 1 is 1.42 bits per heavy atom.